The van der Waals surface area contributed by atoms with Crippen molar-refractivity contribution in [1.82, 2.24) is 0 Å². The Morgan fingerprint density at radius 1 is 1.32 bits per heavy atom. The van der Waals surface area contributed by atoms with Gasteiger partial charge in [0.1, 0.15) is 4.93 Å². The Morgan fingerprint density at radius 2 is 2.13 bits per heavy atom. The summed E-state index contributed by atoms with van der Waals surface area (Å²) in [6.07, 6.45) is 6.39. The average molecular weight is 469 g/mol. The first-order valence-electron chi connectivity index (χ1n) is 11.6. The predicted octanol–water partition coefficient (Wildman–Crippen LogP) is 4.69. The van der Waals surface area contributed by atoms with E-state index in [1.807, 2.05) is 37.4 Å². The third-order valence-electron chi connectivity index (χ3n) is 8.15. The fourth-order valence-corrected chi connectivity index (χ4v) is 9.17. The fourth-order valence-electron chi connectivity index (χ4n) is 6.89. The molecule has 2 bridgehead atoms. The molecule has 31 heavy (non-hydrogen) atoms. The molecule has 174 valence electrons. The zero-order chi connectivity index (χ0) is 22.2. The van der Waals surface area contributed by atoms with Crippen LogP contribution in [0.1, 0.15) is 52.9 Å². The van der Waals surface area contributed by atoms with Gasteiger partial charge in [-0.2, -0.15) is 0 Å². The molecule has 0 unspecified atom stereocenters. The molecule has 0 amide bonds. The Morgan fingerprint density at radius 3 is 2.87 bits per heavy atom. The van der Waals surface area contributed by atoms with Crippen LogP contribution in [0.4, 0.5) is 0 Å². The van der Waals surface area contributed by atoms with Crippen LogP contribution in [0, 0.1) is 29.1 Å². The zero-order valence-corrected chi connectivity index (χ0v) is 20.8. The third kappa shape index (κ3) is 4.24. The zero-order valence-electron chi connectivity index (χ0n) is 19.2. The molecule has 5 nitrogen and oxygen atoms in total. The smallest absolute Gasteiger partial charge is 0.306 e. The number of hydrogen-bond donors (Lipinski definition) is 0. The van der Waals surface area contributed by atoms with Crippen LogP contribution in [0.2, 0.25) is 0 Å². The minimum absolute atomic E-state index is 0.0478. The molecule has 0 radical (unpaired) electrons. The first kappa shape index (κ1) is 23.7. The molecule has 0 aromatic carbocycles. The lowest BCUT2D eigenvalue weighted by molar-refractivity contribution is -0.167. The number of hydrogen-bond acceptors (Lipinski definition) is 7. The molecule has 0 aromatic rings. The van der Waals surface area contributed by atoms with Crippen LogP contribution in [0.15, 0.2) is 11.6 Å². The Labute approximate surface area is 194 Å². The van der Waals surface area contributed by atoms with Crippen molar-refractivity contribution in [1.29, 1.82) is 0 Å². The highest BCUT2D eigenvalue weighted by atomic mass is 32.2. The van der Waals surface area contributed by atoms with E-state index in [2.05, 4.69) is 6.92 Å². The summed E-state index contributed by atoms with van der Waals surface area (Å²) in [4.78, 5) is 25.4. The van der Waals surface area contributed by atoms with Gasteiger partial charge in [-0.15, -0.1) is 23.5 Å². The van der Waals surface area contributed by atoms with E-state index in [1.165, 1.54) is 0 Å². The Balaban J connectivity index is 1.50. The maximum absolute atomic E-state index is 13.1. The molecule has 0 N–H and O–H groups in total. The van der Waals surface area contributed by atoms with Crippen LogP contribution >= 0.6 is 23.5 Å². The first-order chi connectivity index (χ1) is 14.8. The van der Waals surface area contributed by atoms with Crippen LogP contribution in [0.5, 0.6) is 0 Å². The van der Waals surface area contributed by atoms with Crippen molar-refractivity contribution in [3.63, 3.8) is 0 Å². The number of carbonyl (C=O) groups excluding carboxylic acids is 2. The quantitative estimate of drug-likeness (QED) is 0.262. The summed E-state index contributed by atoms with van der Waals surface area (Å²) in [5.74, 6) is 3.98. The lowest BCUT2D eigenvalue weighted by atomic mass is 9.48. The van der Waals surface area contributed by atoms with E-state index in [-0.39, 0.29) is 40.0 Å². The number of ether oxygens (including phenoxy) is 3. The van der Waals surface area contributed by atoms with E-state index in [0.29, 0.717) is 24.9 Å². The van der Waals surface area contributed by atoms with Gasteiger partial charge in [-0.25, -0.2) is 0 Å². The van der Waals surface area contributed by atoms with Gasteiger partial charge in [0.05, 0.1) is 25.1 Å². The van der Waals surface area contributed by atoms with Crippen LogP contribution in [0.3, 0.4) is 0 Å². The van der Waals surface area contributed by atoms with Gasteiger partial charge in [-0.05, 0) is 80.3 Å². The number of esters is 1. The second kappa shape index (κ2) is 9.40. The van der Waals surface area contributed by atoms with E-state index in [4.69, 9.17) is 14.2 Å². The number of rotatable bonds is 10. The van der Waals surface area contributed by atoms with Gasteiger partial charge in [0, 0.05) is 13.0 Å². The molecule has 4 aliphatic rings. The lowest BCUT2D eigenvalue weighted by Crippen LogP contribution is -2.58. The SMILES string of the molecule is CCOC(=O)C[C@@H]1C(C)=CC(=O)[C@@H]2C[C@@H]3O[C@@]4(SCCCSCOC)C[C@H]3[C@@H](C4)[C@@]12C. The highest BCUT2D eigenvalue weighted by Crippen LogP contribution is 2.70. The van der Waals surface area contributed by atoms with Crippen molar-refractivity contribution in [3.05, 3.63) is 11.6 Å². The van der Waals surface area contributed by atoms with Crippen LogP contribution in [-0.2, 0) is 23.8 Å². The Kier molecular flexibility index (Phi) is 7.17. The minimum atomic E-state index is -0.190. The van der Waals surface area contributed by atoms with Crippen LogP contribution < -0.4 is 0 Å². The average Bonchev–Trinajstić information content (AvgIpc) is 3.28. The maximum Gasteiger partial charge on any atom is 0.306 e. The number of allylic oxidation sites excluding steroid dienone is 2. The van der Waals surface area contributed by atoms with Gasteiger partial charge in [0.25, 0.3) is 0 Å². The summed E-state index contributed by atoms with van der Waals surface area (Å²) < 4.78 is 17.1. The summed E-state index contributed by atoms with van der Waals surface area (Å²) in [5, 5.41) is 0. The van der Waals surface area contributed by atoms with Crippen molar-refractivity contribution in [3.8, 4) is 0 Å². The molecule has 3 aliphatic carbocycles. The fraction of sp³-hybridized carbons (Fsp3) is 0.833. The molecule has 7 heteroatoms. The standard InChI is InChI=1S/C24H36O5S2/c1-5-28-22(26)11-17-15(2)9-20(25)18-10-21-16-12-24(29-21,13-19(16)23(17,18)3)31-8-6-7-30-14-27-4/h9,16-19,21H,5-8,10-14H2,1-4H3/t16-,17+,18-,19+,21-,23-,24+/m0/s1. The lowest BCUT2D eigenvalue weighted by Gasteiger charge is -2.58. The summed E-state index contributed by atoms with van der Waals surface area (Å²) in [6, 6.07) is 0. The largest absolute Gasteiger partial charge is 0.466 e. The van der Waals surface area contributed by atoms with Crippen molar-refractivity contribution in [2.75, 3.05) is 31.2 Å². The topological polar surface area (TPSA) is 61.8 Å². The highest BCUT2D eigenvalue weighted by Gasteiger charge is 2.69. The van der Waals surface area contributed by atoms with Crippen molar-refractivity contribution in [2.24, 2.45) is 29.1 Å². The molecular weight excluding hydrogens is 432 g/mol. The molecule has 0 spiro atoms. The van der Waals surface area contributed by atoms with E-state index in [1.54, 1.807) is 13.2 Å². The second-order valence-electron chi connectivity index (χ2n) is 9.77. The van der Waals surface area contributed by atoms with Gasteiger partial charge >= 0.3 is 5.97 Å². The van der Waals surface area contributed by atoms with E-state index < -0.39 is 0 Å². The molecule has 0 aromatic heterocycles. The van der Waals surface area contributed by atoms with Gasteiger partial charge < -0.3 is 14.2 Å². The molecule has 1 saturated heterocycles. The number of thioether (sulfide) groups is 2. The van der Waals surface area contributed by atoms with Gasteiger partial charge in [-0.1, -0.05) is 12.5 Å². The van der Waals surface area contributed by atoms with E-state index in [0.717, 1.165) is 48.7 Å². The summed E-state index contributed by atoms with van der Waals surface area (Å²) in [5.41, 5.74) is 0.861. The molecule has 3 fully saturated rings. The van der Waals surface area contributed by atoms with Crippen LogP contribution in [-0.4, -0.2) is 54.0 Å². The van der Waals surface area contributed by atoms with Gasteiger partial charge in [0.15, 0.2) is 5.78 Å². The Bertz CT molecular complexity index is 739. The van der Waals surface area contributed by atoms with E-state index >= 15 is 0 Å². The molecule has 4 rings (SSSR count). The molecule has 1 heterocycles. The van der Waals surface area contributed by atoms with Gasteiger partial charge in [0.2, 0.25) is 0 Å². The van der Waals surface area contributed by atoms with E-state index in [9.17, 15) is 9.59 Å². The summed E-state index contributed by atoms with van der Waals surface area (Å²) in [6.45, 7) is 6.57. The monoisotopic (exact) mass is 468 g/mol. The summed E-state index contributed by atoms with van der Waals surface area (Å²) >= 11 is 3.81. The molecular formula is C24H36O5S2. The summed E-state index contributed by atoms with van der Waals surface area (Å²) in [7, 11) is 1.74. The number of carbonyl (C=O) groups is 2. The maximum atomic E-state index is 13.1. The van der Waals surface area contributed by atoms with Crippen molar-refractivity contribution >= 4 is 35.3 Å². The molecule has 7 atom stereocenters. The van der Waals surface area contributed by atoms with Crippen molar-refractivity contribution < 1.29 is 23.8 Å². The highest BCUT2D eigenvalue weighted by molar-refractivity contribution is 8.00. The predicted molar refractivity (Wildman–Crippen MR) is 125 cm³/mol. The van der Waals surface area contributed by atoms with Crippen molar-refractivity contribution in [2.45, 2.75) is 63.9 Å². The Hall–Kier alpha value is -0.500. The first-order valence-corrected chi connectivity index (χ1v) is 13.7. The van der Waals surface area contributed by atoms with Gasteiger partial charge in [-0.3, -0.25) is 9.59 Å². The molecule has 1 aliphatic heterocycles. The normalized spacial score (nSPS) is 40.6. The third-order valence-corrected chi connectivity index (χ3v) is 10.6. The number of methoxy groups -OCH3 is 1. The minimum Gasteiger partial charge on any atom is -0.466 e. The van der Waals surface area contributed by atoms with Crippen LogP contribution in [0.25, 0.3) is 0 Å². The number of fused-ring (bicyclic) bond motifs is 3. The second-order valence-corrected chi connectivity index (χ2v) is 12.3. The number of ketones is 1. The molecule has 2 saturated carbocycles.